The predicted octanol–water partition coefficient (Wildman–Crippen LogP) is 0.965. The monoisotopic (exact) mass is 251 g/mol. The highest BCUT2D eigenvalue weighted by molar-refractivity contribution is 5.84. The SMILES string of the molecule is COCc1cccc(CC(=O)N[C@H](C)C(=O)O)c1. The van der Waals surface area contributed by atoms with E-state index in [0.717, 1.165) is 11.1 Å². The number of aliphatic carboxylic acids is 1. The first-order valence-corrected chi connectivity index (χ1v) is 5.62. The van der Waals surface area contributed by atoms with Crippen LogP contribution in [-0.2, 0) is 27.4 Å². The summed E-state index contributed by atoms with van der Waals surface area (Å²) in [7, 11) is 1.61. The van der Waals surface area contributed by atoms with Crippen molar-refractivity contribution in [3.05, 3.63) is 35.4 Å². The lowest BCUT2D eigenvalue weighted by Crippen LogP contribution is -2.39. The molecule has 1 aromatic rings. The molecule has 5 nitrogen and oxygen atoms in total. The zero-order valence-electron chi connectivity index (χ0n) is 10.5. The van der Waals surface area contributed by atoms with Crippen LogP contribution in [0.5, 0.6) is 0 Å². The van der Waals surface area contributed by atoms with Crippen LogP contribution in [0.1, 0.15) is 18.1 Å². The van der Waals surface area contributed by atoms with Crippen molar-refractivity contribution in [2.24, 2.45) is 0 Å². The minimum absolute atomic E-state index is 0.162. The molecule has 0 aliphatic heterocycles. The van der Waals surface area contributed by atoms with Crippen molar-refractivity contribution in [2.45, 2.75) is 26.0 Å². The second-order valence-corrected chi connectivity index (χ2v) is 4.06. The topological polar surface area (TPSA) is 75.6 Å². The maximum Gasteiger partial charge on any atom is 0.325 e. The van der Waals surface area contributed by atoms with E-state index in [9.17, 15) is 9.59 Å². The van der Waals surface area contributed by atoms with Gasteiger partial charge in [-0.3, -0.25) is 9.59 Å². The van der Waals surface area contributed by atoms with Crippen LogP contribution in [0.4, 0.5) is 0 Å². The number of carboxylic acids is 1. The van der Waals surface area contributed by atoms with Crippen molar-refractivity contribution in [2.75, 3.05) is 7.11 Å². The van der Waals surface area contributed by atoms with Crippen LogP contribution >= 0.6 is 0 Å². The molecule has 0 spiro atoms. The number of carbonyl (C=O) groups excluding carboxylic acids is 1. The largest absolute Gasteiger partial charge is 0.480 e. The van der Waals surface area contributed by atoms with Gasteiger partial charge in [-0.2, -0.15) is 0 Å². The molecule has 1 aromatic carbocycles. The first-order valence-electron chi connectivity index (χ1n) is 5.62. The molecule has 0 heterocycles. The lowest BCUT2D eigenvalue weighted by molar-refractivity contribution is -0.141. The molecule has 0 fully saturated rings. The summed E-state index contributed by atoms with van der Waals surface area (Å²) < 4.78 is 5.01. The van der Waals surface area contributed by atoms with Crippen molar-refractivity contribution < 1.29 is 19.4 Å². The molecule has 5 heteroatoms. The molecule has 1 atom stereocenters. The van der Waals surface area contributed by atoms with E-state index in [1.807, 2.05) is 24.3 Å². The number of amides is 1. The summed E-state index contributed by atoms with van der Waals surface area (Å²) in [6.07, 6.45) is 0.162. The molecule has 0 aliphatic rings. The molecule has 0 radical (unpaired) electrons. The van der Waals surface area contributed by atoms with Crippen LogP contribution in [0.3, 0.4) is 0 Å². The van der Waals surface area contributed by atoms with Gasteiger partial charge in [-0.25, -0.2) is 0 Å². The van der Waals surface area contributed by atoms with E-state index in [1.54, 1.807) is 7.11 Å². The van der Waals surface area contributed by atoms with E-state index in [4.69, 9.17) is 9.84 Å². The first-order chi connectivity index (χ1) is 8.52. The second-order valence-electron chi connectivity index (χ2n) is 4.06. The second kappa shape index (κ2) is 6.76. The quantitative estimate of drug-likeness (QED) is 0.789. The van der Waals surface area contributed by atoms with E-state index in [2.05, 4.69) is 5.32 Å². The predicted molar refractivity (Wildman–Crippen MR) is 66.1 cm³/mol. The number of hydrogen-bond donors (Lipinski definition) is 2. The van der Waals surface area contributed by atoms with Crippen LogP contribution < -0.4 is 5.32 Å². The van der Waals surface area contributed by atoms with Gasteiger partial charge in [0, 0.05) is 7.11 Å². The number of ether oxygens (including phenoxy) is 1. The Bertz CT molecular complexity index is 431. The van der Waals surface area contributed by atoms with Crippen LogP contribution in [0.2, 0.25) is 0 Å². The fourth-order valence-corrected chi connectivity index (χ4v) is 1.54. The fraction of sp³-hybridized carbons (Fsp3) is 0.385. The van der Waals surface area contributed by atoms with Crippen molar-refractivity contribution in [1.82, 2.24) is 5.32 Å². The van der Waals surface area contributed by atoms with Gasteiger partial charge in [0.1, 0.15) is 6.04 Å². The summed E-state index contributed by atoms with van der Waals surface area (Å²) in [4.78, 5) is 22.2. The molecule has 2 N–H and O–H groups in total. The minimum Gasteiger partial charge on any atom is -0.480 e. The number of carboxylic acid groups (broad SMARTS) is 1. The van der Waals surface area contributed by atoms with Gasteiger partial charge in [0.05, 0.1) is 13.0 Å². The summed E-state index contributed by atoms with van der Waals surface area (Å²) >= 11 is 0. The van der Waals surface area contributed by atoms with Gasteiger partial charge in [-0.05, 0) is 18.1 Å². The third-order valence-corrected chi connectivity index (χ3v) is 2.41. The first kappa shape index (κ1) is 14.2. The highest BCUT2D eigenvalue weighted by Gasteiger charge is 2.13. The Morgan fingerprint density at radius 3 is 2.67 bits per heavy atom. The van der Waals surface area contributed by atoms with Gasteiger partial charge in [0.25, 0.3) is 0 Å². The van der Waals surface area contributed by atoms with Gasteiger partial charge in [-0.1, -0.05) is 24.3 Å². The lowest BCUT2D eigenvalue weighted by atomic mass is 10.1. The molecule has 1 amide bonds. The molecule has 0 unspecified atom stereocenters. The Hall–Kier alpha value is -1.88. The maximum absolute atomic E-state index is 11.6. The molecular formula is C13H17NO4. The Kier molecular flexibility index (Phi) is 5.32. The molecule has 18 heavy (non-hydrogen) atoms. The van der Waals surface area contributed by atoms with Crippen LogP contribution in [-0.4, -0.2) is 30.1 Å². The van der Waals surface area contributed by atoms with Crippen molar-refractivity contribution in [3.8, 4) is 0 Å². The zero-order valence-corrected chi connectivity index (χ0v) is 10.5. The Balaban J connectivity index is 2.58. The van der Waals surface area contributed by atoms with E-state index >= 15 is 0 Å². The van der Waals surface area contributed by atoms with Crippen molar-refractivity contribution >= 4 is 11.9 Å². The smallest absolute Gasteiger partial charge is 0.325 e. The normalized spacial score (nSPS) is 11.9. The molecule has 0 saturated heterocycles. The number of hydrogen-bond acceptors (Lipinski definition) is 3. The summed E-state index contributed by atoms with van der Waals surface area (Å²) in [5.74, 6) is -1.35. The average molecular weight is 251 g/mol. The van der Waals surface area contributed by atoms with Crippen LogP contribution in [0.25, 0.3) is 0 Å². The third kappa shape index (κ3) is 4.55. The molecule has 1 rings (SSSR count). The fourth-order valence-electron chi connectivity index (χ4n) is 1.54. The average Bonchev–Trinajstić information content (AvgIpc) is 2.29. The number of carbonyl (C=O) groups is 2. The number of nitrogens with one attached hydrogen (secondary N) is 1. The summed E-state index contributed by atoms with van der Waals surface area (Å²) in [6, 6.07) is 6.57. The van der Waals surface area contributed by atoms with Gasteiger partial charge in [0.2, 0.25) is 5.91 Å². The molecule has 0 aromatic heterocycles. The van der Waals surface area contributed by atoms with Crippen molar-refractivity contribution in [3.63, 3.8) is 0 Å². The number of rotatable bonds is 6. The highest BCUT2D eigenvalue weighted by atomic mass is 16.5. The standard InChI is InChI=1S/C13H17NO4/c1-9(13(16)17)14-12(15)7-10-4-3-5-11(6-10)8-18-2/h3-6,9H,7-8H2,1-2H3,(H,14,15)(H,16,17)/t9-/m1/s1. The number of benzene rings is 1. The van der Waals surface area contributed by atoms with Gasteiger partial charge in [0.15, 0.2) is 0 Å². The summed E-state index contributed by atoms with van der Waals surface area (Å²) in [5, 5.41) is 11.1. The Morgan fingerprint density at radius 1 is 1.39 bits per heavy atom. The van der Waals surface area contributed by atoms with E-state index in [1.165, 1.54) is 6.92 Å². The van der Waals surface area contributed by atoms with E-state index in [0.29, 0.717) is 6.61 Å². The third-order valence-electron chi connectivity index (χ3n) is 2.41. The lowest BCUT2D eigenvalue weighted by Gasteiger charge is -2.09. The zero-order chi connectivity index (χ0) is 13.5. The van der Waals surface area contributed by atoms with Crippen LogP contribution in [0.15, 0.2) is 24.3 Å². The molecule has 98 valence electrons. The van der Waals surface area contributed by atoms with E-state index < -0.39 is 12.0 Å². The summed E-state index contributed by atoms with van der Waals surface area (Å²) in [6.45, 7) is 1.92. The minimum atomic E-state index is -1.04. The Labute approximate surface area is 106 Å². The van der Waals surface area contributed by atoms with Crippen molar-refractivity contribution in [1.29, 1.82) is 0 Å². The molecule has 0 saturated carbocycles. The van der Waals surface area contributed by atoms with E-state index in [-0.39, 0.29) is 12.3 Å². The van der Waals surface area contributed by atoms with Gasteiger partial charge < -0.3 is 15.2 Å². The van der Waals surface area contributed by atoms with Crippen LogP contribution in [0, 0.1) is 0 Å². The maximum atomic E-state index is 11.6. The highest BCUT2D eigenvalue weighted by Crippen LogP contribution is 2.07. The number of methoxy groups -OCH3 is 1. The summed E-state index contributed by atoms with van der Waals surface area (Å²) in [5.41, 5.74) is 1.81. The Morgan fingerprint density at radius 2 is 2.06 bits per heavy atom. The van der Waals surface area contributed by atoms with Gasteiger partial charge in [-0.15, -0.1) is 0 Å². The molecule has 0 bridgehead atoms. The van der Waals surface area contributed by atoms with Gasteiger partial charge >= 0.3 is 5.97 Å². The molecule has 0 aliphatic carbocycles. The molecular weight excluding hydrogens is 234 g/mol.